The van der Waals surface area contributed by atoms with Crippen LogP contribution in [0.2, 0.25) is 0 Å². The first-order valence-corrected chi connectivity index (χ1v) is 7.80. The lowest BCUT2D eigenvalue weighted by Crippen LogP contribution is -2.45. The highest BCUT2D eigenvalue weighted by Crippen LogP contribution is 2.14. The number of fused-ring (bicyclic) bond motifs is 1. The van der Waals surface area contributed by atoms with E-state index in [-0.39, 0.29) is 11.5 Å². The molecule has 23 heavy (non-hydrogen) atoms. The maximum absolute atomic E-state index is 12.1. The van der Waals surface area contributed by atoms with Crippen molar-refractivity contribution >= 4 is 22.5 Å². The van der Waals surface area contributed by atoms with Gasteiger partial charge in [-0.05, 0) is 25.2 Å². The molecule has 0 bridgehead atoms. The molecule has 0 atom stereocenters. The molecule has 1 saturated heterocycles. The van der Waals surface area contributed by atoms with E-state index in [4.69, 9.17) is 0 Å². The van der Waals surface area contributed by atoms with E-state index in [0.29, 0.717) is 23.0 Å². The zero-order chi connectivity index (χ0) is 16.2. The summed E-state index contributed by atoms with van der Waals surface area (Å²) in [5.41, 5.74) is 1.06. The van der Waals surface area contributed by atoms with Gasteiger partial charge in [-0.25, -0.2) is 4.98 Å². The number of nitrogens with zero attached hydrogens (tertiary/aromatic N) is 3. The van der Waals surface area contributed by atoms with Gasteiger partial charge in [-0.1, -0.05) is 0 Å². The number of benzene rings is 1. The number of aromatic nitrogens is 2. The first-order chi connectivity index (χ1) is 11.1. The van der Waals surface area contributed by atoms with Gasteiger partial charge in [0.1, 0.15) is 0 Å². The van der Waals surface area contributed by atoms with E-state index in [2.05, 4.69) is 32.1 Å². The molecule has 1 amide bonds. The van der Waals surface area contributed by atoms with Crippen LogP contribution in [0.3, 0.4) is 0 Å². The number of aromatic amines is 1. The Bertz CT molecular complexity index is 749. The van der Waals surface area contributed by atoms with Crippen LogP contribution in [0.4, 0.5) is 5.69 Å². The largest absolute Gasteiger partial charge is 0.326 e. The zero-order valence-corrected chi connectivity index (χ0v) is 13.2. The minimum Gasteiger partial charge on any atom is -0.326 e. The highest BCUT2D eigenvalue weighted by molar-refractivity contribution is 5.93. The molecule has 0 saturated carbocycles. The van der Waals surface area contributed by atoms with Crippen LogP contribution in [0.25, 0.3) is 10.9 Å². The number of rotatable bonds is 4. The maximum Gasteiger partial charge on any atom is 0.258 e. The van der Waals surface area contributed by atoms with Crippen LogP contribution in [0, 0.1) is 0 Å². The number of piperazine rings is 1. The average molecular weight is 315 g/mol. The fourth-order valence-corrected chi connectivity index (χ4v) is 2.70. The topological polar surface area (TPSA) is 81.3 Å². The van der Waals surface area contributed by atoms with Gasteiger partial charge in [0.25, 0.3) is 5.56 Å². The number of carbonyl (C=O) groups excluding carboxylic acids is 1. The van der Waals surface area contributed by atoms with Gasteiger partial charge in [-0.3, -0.25) is 9.59 Å². The van der Waals surface area contributed by atoms with Crippen molar-refractivity contribution < 1.29 is 4.79 Å². The highest BCUT2D eigenvalue weighted by atomic mass is 16.1. The summed E-state index contributed by atoms with van der Waals surface area (Å²) in [4.78, 5) is 35.0. The molecule has 7 heteroatoms. The third kappa shape index (κ3) is 3.94. The Kier molecular flexibility index (Phi) is 4.68. The van der Waals surface area contributed by atoms with Gasteiger partial charge in [0.2, 0.25) is 5.91 Å². The second-order valence-corrected chi connectivity index (χ2v) is 5.91. The van der Waals surface area contributed by atoms with Crippen LogP contribution >= 0.6 is 0 Å². The molecule has 1 aromatic heterocycles. The third-order valence-corrected chi connectivity index (χ3v) is 4.18. The van der Waals surface area contributed by atoms with E-state index in [9.17, 15) is 9.59 Å². The van der Waals surface area contributed by atoms with Gasteiger partial charge < -0.3 is 20.1 Å². The summed E-state index contributed by atoms with van der Waals surface area (Å²) in [6, 6.07) is 5.13. The van der Waals surface area contributed by atoms with Gasteiger partial charge >= 0.3 is 0 Å². The van der Waals surface area contributed by atoms with Crippen LogP contribution < -0.4 is 10.9 Å². The summed E-state index contributed by atoms with van der Waals surface area (Å²) in [5, 5.41) is 3.39. The monoisotopic (exact) mass is 315 g/mol. The number of likely N-dealkylation sites (N-methyl/N-ethyl adjacent to an activating group) is 1. The quantitative estimate of drug-likeness (QED) is 0.859. The van der Waals surface area contributed by atoms with E-state index in [0.717, 1.165) is 32.7 Å². The molecule has 0 aliphatic carbocycles. The number of amides is 1. The molecule has 1 aliphatic heterocycles. The predicted octanol–water partition coefficient (Wildman–Crippen LogP) is 0.499. The Morgan fingerprint density at radius 3 is 2.87 bits per heavy atom. The van der Waals surface area contributed by atoms with Gasteiger partial charge in [-0.2, -0.15) is 0 Å². The van der Waals surface area contributed by atoms with Crippen molar-refractivity contribution in [3.05, 3.63) is 34.9 Å². The summed E-state index contributed by atoms with van der Waals surface area (Å²) in [6.07, 6.45) is 1.83. The van der Waals surface area contributed by atoms with E-state index in [1.54, 1.807) is 18.2 Å². The van der Waals surface area contributed by atoms with E-state index < -0.39 is 0 Å². The number of hydrogen-bond donors (Lipinski definition) is 2. The Morgan fingerprint density at radius 2 is 2.09 bits per heavy atom. The van der Waals surface area contributed by atoms with Crippen LogP contribution in [-0.4, -0.2) is 65.4 Å². The van der Waals surface area contributed by atoms with Crippen LogP contribution in [0.15, 0.2) is 29.3 Å². The van der Waals surface area contributed by atoms with Crippen LogP contribution in [0.1, 0.15) is 6.42 Å². The average Bonchev–Trinajstić information content (AvgIpc) is 2.54. The van der Waals surface area contributed by atoms with E-state index >= 15 is 0 Å². The molecular weight excluding hydrogens is 294 g/mol. The minimum absolute atomic E-state index is 0.0203. The van der Waals surface area contributed by atoms with Crippen molar-refractivity contribution in [2.45, 2.75) is 6.42 Å². The van der Waals surface area contributed by atoms with Gasteiger partial charge in [0.05, 0.1) is 17.2 Å². The molecule has 1 fully saturated rings. The molecule has 1 aromatic carbocycles. The second kappa shape index (κ2) is 6.89. The molecule has 2 heterocycles. The van der Waals surface area contributed by atoms with Crippen molar-refractivity contribution in [1.29, 1.82) is 0 Å². The normalized spacial score (nSPS) is 16.6. The van der Waals surface area contributed by atoms with Crippen LogP contribution in [-0.2, 0) is 4.79 Å². The lowest BCUT2D eigenvalue weighted by Gasteiger charge is -2.32. The summed E-state index contributed by atoms with van der Waals surface area (Å²) < 4.78 is 0. The van der Waals surface area contributed by atoms with Gasteiger partial charge in [-0.15, -0.1) is 0 Å². The lowest BCUT2D eigenvalue weighted by molar-refractivity contribution is -0.116. The smallest absolute Gasteiger partial charge is 0.258 e. The number of carbonyl (C=O) groups is 1. The van der Waals surface area contributed by atoms with Crippen molar-refractivity contribution in [3.63, 3.8) is 0 Å². The second-order valence-electron chi connectivity index (χ2n) is 5.91. The number of nitrogens with one attached hydrogen (secondary N) is 2. The summed E-state index contributed by atoms with van der Waals surface area (Å²) >= 11 is 0. The number of anilines is 1. The number of H-pyrrole nitrogens is 1. The van der Waals surface area contributed by atoms with E-state index in [1.165, 1.54) is 6.33 Å². The maximum atomic E-state index is 12.1. The lowest BCUT2D eigenvalue weighted by atomic mass is 10.2. The molecule has 2 aromatic rings. The van der Waals surface area contributed by atoms with Crippen molar-refractivity contribution in [3.8, 4) is 0 Å². The Hall–Kier alpha value is -2.25. The molecule has 7 nitrogen and oxygen atoms in total. The molecule has 1 aliphatic rings. The molecule has 0 unspecified atom stereocenters. The molecule has 3 rings (SSSR count). The van der Waals surface area contributed by atoms with Crippen molar-refractivity contribution in [1.82, 2.24) is 19.8 Å². The van der Waals surface area contributed by atoms with E-state index in [1.807, 2.05) is 0 Å². The summed E-state index contributed by atoms with van der Waals surface area (Å²) in [5.74, 6) is -0.0203. The Balaban J connectivity index is 1.56. The minimum atomic E-state index is -0.178. The van der Waals surface area contributed by atoms with Crippen molar-refractivity contribution in [2.24, 2.45) is 0 Å². The Morgan fingerprint density at radius 1 is 1.30 bits per heavy atom. The standard InChI is InChI=1S/C16H21N5O2/c1-20-6-8-21(9-7-20)5-4-15(22)19-12-2-3-13-14(10-12)17-11-18-16(13)23/h2-3,10-11H,4-9H2,1H3,(H,19,22)(H,17,18,23). The van der Waals surface area contributed by atoms with Crippen molar-refractivity contribution in [2.75, 3.05) is 45.1 Å². The first kappa shape index (κ1) is 15.6. The zero-order valence-electron chi connectivity index (χ0n) is 13.2. The molecule has 0 radical (unpaired) electrons. The van der Waals surface area contributed by atoms with Crippen LogP contribution in [0.5, 0.6) is 0 Å². The summed E-state index contributed by atoms with van der Waals surface area (Å²) in [7, 11) is 2.11. The Labute approximate surface area is 134 Å². The third-order valence-electron chi connectivity index (χ3n) is 4.18. The first-order valence-electron chi connectivity index (χ1n) is 7.80. The van der Waals surface area contributed by atoms with Gasteiger partial charge in [0.15, 0.2) is 0 Å². The predicted molar refractivity (Wildman–Crippen MR) is 89.5 cm³/mol. The fourth-order valence-electron chi connectivity index (χ4n) is 2.70. The summed E-state index contributed by atoms with van der Waals surface area (Å²) in [6.45, 7) is 4.88. The van der Waals surface area contributed by atoms with Gasteiger partial charge in [0, 0.05) is 44.8 Å². The molecule has 2 N–H and O–H groups in total. The molecule has 0 spiro atoms. The SMILES string of the molecule is CN1CCN(CCC(=O)Nc2ccc3c(=O)[nH]cnc3c2)CC1. The number of hydrogen-bond acceptors (Lipinski definition) is 5. The highest BCUT2D eigenvalue weighted by Gasteiger charge is 2.14. The molecular formula is C16H21N5O2. The fraction of sp³-hybridized carbons (Fsp3) is 0.438. The molecule has 122 valence electrons.